The van der Waals surface area contributed by atoms with Crippen LogP contribution in [0.1, 0.15) is 11.1 Å². The lowest BCUT2D eigenvalue weighted by molar-refractivity contribution is 0.482. The molecule has 0 bridgehead atoms. The Balaban J connectivity index is 1.26. The molecule has 0 unspecified atom stereocenters. The van der Waals surface area contributed by atoms with E-state index in [4.69, 9.17) is 0 Å². The number of benzene rings is 6. The Morgan fingerprint density at radius 2 is 0.878 bits per heavy atom. The fraction of sp³-hybridized carbons (Fsp3) is 0.0526. The number of phenolic OH excluding ortho intramolecular Hbond substituents is 1. The standard InChI is InChI=1S/C38H28N2O/c1-24-22-26(39-33-13-6-3-10-30(33)31-11-4-7-14-34(31)39)18-20-28(24)29-21-19-27(23-25(29)2)40-35-15-8-5-12-32(35)38-36(40)16-9-17-37(38)41/h3-23,41H,1-2H3. The molecule has 3 heteroatoms. The topological polar surface area (TPSA) is 30.1 Å². The fourth-order valence-electron chi connectivity index (χ4n) is 6.66. The van der Waals surface area contributed by atoms with Gasteiger partial charge in [-0.1, -0.05) is 72.8 Å². The molecular weight excluding hydrogens is 500 g/mol. The zero-order valence-corrected chi connectivity index (χ0v) is 23.0. The summed E-state index contributed by atoms with van der Waals surface area (Å²) < 4.78 is 4.62. The largest absolute Gasteiger partial charge is 0.507 e. The molecule has 6 aromatic carbocycles. The molecule has 0 aliphatic heterocycles. The number of aromatic hydroxyl groups is 1. The van der Waals surface area contributed by atoms with Crippen molar-refractivity contribution >= 4 is 43.6 Å². The summed E-state index contributed by atoms with van der Waals surface area (Å²) in [6.45, 7) is 4.39. The van der Waals surface area contributed by atoms with E-state index in [2.05, 4.69) is 132 Å². The number of hydrogen-bond acceptors (Lipinski definition) is 1. The monoisotopic (exact) mass is 528 g/mol. The highest BCUT2D eigenvalue weighted by Gasteiger charge is 2.17. The highest BCUT2D eigenvalue weighted by Crippen LogP contribution is 2.39. The van der Waals surface area contributed by atoms with Crippen LogP contribution in [0.2, 0.25) is 0 Å². The second-order valence-corrected chi connectivity index (χ2v) is 10.9. The molecule has 0 amide bonds. The number of rotatable bonds is 3. The second kappa shape index (κ2) is 8.87. The molecule has 196 valence electrons. The van der Waals surface area contributed by atoms with Gasteiger partial charge in [0.05, 0.1) is 22.1 Å². The number of aryl methyl sites for hydroxylation is 2. The molecule has 1 N–H and O–H groups in total. The first-order valence-corrected chi connectivity index (χ1v) is 14.0. The Kier molecular flexibility index (Phi) is 5.10. The van der Waals surface area contributed by atoms with Crippen molar-refractivity contribution in [2.24, 2.45) is 0 Å². The first kappa shape index (κ1) is 23.6. The Bertz CT molecular complexity index is 2250. The quantitative estimate of drug-likeness (QED) is 0.243. The highest BCUT2D eigenvalue weighted by atomic mass is 16.3. The zero-order chi connectivity index (χ0) is 27.7. The molecule has 8 rings (SSSR count). The molecule has 0 atom stereocenters. The summed E-state index contributed by atoms with van der Waals surface area (Å²) in [7, 11) is 0. The molecule has 8 aromatic rings. The smallest absolute Gasteiger partial charge is 0.125 e. The van der Waals surface area contributed by atoms with Gasteiger partial charge < -0.3 is 14.2 Å². The van der Waals surface area contributed by atoms with Gasteiger partial charge in [0, 0.05) is 32.9 Å². The number of nitrogens with zero attached hydrogens (tertiary/aromatic N) is 2. The van der Waals surface area contributed by atoms with Crippen LogP contribution in [0, 0.1) is 13.8 Å². The predicted octanol–water partition coefficient (Wildman–Crippen LogP) is 9.87. The minimum Gasteiger partial charge on any atom is -0.507 e. The van der Waals surface area contributed by atoms with Crippen molar-refractivity contribution in [3.63, 3.8) is 0 Å². The first-order chi connectivity index (χ1) is 20.1. The molecule has 0 saturated heterocycles. The van der Waals surface area contributed by atoms with E-state index in [1.807, 2.05) is 12.1 Å². The van der Waals surface area contributed by atoms with Crippen LogP contribution in [0.3, 0.4) is 0 Å². The van der Waals surface area contributed by atoms with Crippen molar-refractivity contribution in [3.8, 4) is 28.3 Å². The Morgan fingerprint density at radius 3 is 1.41 bits per heavy atom. The average molecular weight is 529 g/mol. The summed E-state index contributed by atoms with van der Waals surface area (Å²) in [6, 6.07) is 44.8. The second-order valence-electron chi connectivity index (χ2n) is 10.9. The van der Waals surface area contributed by atoms with Crippen molar-refractivity contribution in [3.05, 3.63) is 139 Å². The van der Waals surface area contributed by atoms with Gasteiger partial charge in [0.1, 0.15) is 5.75 Å². The minimum atomic E-state index is 0.310. The van der Waals surface area contributed by atoms with Crippen LogP contribution < -0.4 is 0 Å². The minimum absolute atomic E-state index is 0.310. The summed E-state index contributed by atoms with van der Waals surface area (Å²) in [4.78, 5) is 0. The van der Waals surface area contributed by atoms with Crippen molar-refractivity contribution in [1.82, 2.24) is 9.13 Å². The zero-order valence-electron chi connectivity index (χ0n) is 23.0. The van der Waals surface area contributed by atoms with E-state index in [-0.39, 0.29) is 0 Å². The van der Waals surface area contributed by atoms with E-state index in [0.29, 0.717) is 5.75 Å². The molecule has 0 fully saturated rings. The van der Waals surface area contributed by atoms with E-state index in [1.165, 1.54) is 49.7 Å². The normalized spacial score (nSPS) is 11.8. The molecule has 0 aliphatic rings. The lowest BCUT2D eigenvalue weighted by atomic mass is 9.95. The van der Waals surface area contributed by atoms with E-state index in [0.717, 1.165) is 27.5 Å². The number of para-hydroxylation sites is 3. The van der Waals surface area contributed by atoms with Crippen LogP contribution in [0.25, 0.3) is 66.1 Å². The molecule has 41 heavy (non-hydrogen) atoms. The molecule has 0 spiro atoms. The average Bonchev–Trinajstić information content (AvgIpc) is 3.51. The van der Waals surface area contributed by atoms with Crippen LogP contribution in [0.5, 0.6) is 5.75 Å². The van der Waals surface area contributed by atoms with E-state index < -0.39 is 0 Å². The van der Waals surface area contributed by atoms with Crippen molar-refractivity contribution in [2.45, 2.75) is 13.8 Å². The SMILES string of the molecule is Cc1cc(-n2c3ccccc3c3ccccc32)ccc1-c1ccc(-n2c3ccccc3c3c(O)cccc32)cc1C. The molecule has 0 aliphatic carbocycles. The van der Waals surface area contributed by atoms with Gasteiger partial charge in [-0.25, -0.2) is 0 Å². The van der Waals surface area contributed by atoms with Crippen LogP contribution in [0.15, 0.2) is 127 Å². The van der Waals surface area contributed by atoms with Gasteiger partial charge >= 0.3 is 0 Å². The maximum atomic E-state index is 10.7. The molecule has 2 aromatic heterocycles. The van der Waals surface area contributed by atoms with Gasteiger partial charge in [-0.2, -0.15) is 0 Å². The van der Waals surface area contributed by atoms with Gasteiger partial charge in [0.15, 0.2) is 0 Å². The third-order valence-corrected chi connectivity index (χ3v) is 8.48. The Morgan fingerprint density at radius 1 is 0.439 bits per heavy atom. The first-order valence-electron chi connectivity index (χ1n) is 14.0. The van der Waals surface area contributed by atoms with E-state index in [9.17, 15) is 5.11 Å². The number of fused-ring (bicyclic) bond motifs is 6. The third-order valence-electron chi connectivity index (χ3n) is 8.48. The van der Waals surface area contributed by atoms with Gasteiger partial charge in [0.25, 0.3) is 0 Å². The fourth-order valence-corrected chi connectivity index (χ4v) is 6.66. The predicted molar refractivity (Wildman–Crippen MR) is 172 cm³/mol. The van der Waals surface area contributed by atoms with Crippen LogP contribution >= 0.6 is 0 Å². The Labute approximate surface area is 238 Å². The third kappa shape index (κ3) is 3.46. The number of hydrogen-bond donors (Lipinski definition) is 1. The summed E-state index contributed by atoms with van der Waals surface area (Å²) in [5.74, 6) is 0.310. The summed E-state index contributed by atoms with van der Waals surface area (Å²) in [6.07, 6.45) is 0. The molecule has 3 nitrogen and oxygen atoms in total. The van der Waals surface area contributed by atoms with Crippen molar-refractivity contribution < 1.29 is 5.11 Å². The lowest BCUT2D eigenvalue weighted by Crippen LogP contribution is -1.98. The maximum absolute atomic E-state index is 10.7. The molecular formula is C38H28N2O. The van der Waals surface area contributed by atoms with E-state index >= 15 is 0 Å². The molecule has 0 saturated carbocycles. The molecule has 2 heterocycles. The highest BCUT2D eigenvalue weighted by molar-refractivity contribution is 6.12. The summed E-state index contributed by atoms with van der Waals surface area (Å²) in [5.41, 5.74) is 11.7. The Hall–Kier alpha value is -5.28. The number of phenols is 1. The number of aromatic nitrogens is 2. The van der Waals surface area contributed by atoms with Gasteiger partial charge in [-0.05, 0) is 90.7 Å². The van der Waals surface area contributed by atoms with Crippen LogP contribution in [0.4, 0.5) is 0 Å². The van der Waals surface area contributed by atoms with Gasteiger partial charge in [0.2, 0.25) is 0 Å². The van der Waals surface area contributed by atoms with Crippen molar-refractivity contribution in [1.29, 1.82) is 0 Å². The van der Waals surface area contributed by atoms with Crippen LogP contribution in [-0.2, 0) is 0 Å². The lowest BCUT2D eigenvalue weighted by Gasteiger charge is -2.15. The van der Waals surface area contributed by atoms with Crippen LogP contribution in [-0.4, -0.2) is 14.2 Å². The molecule has 0 radical (unpaired) electrons. The maximum Gasteiger partial charge on any atom is 0.125 e. The summed E-state index contributed by atoms with van der Waals surface area (Å²) in [5, 5.41) is 15.2. The van der Waals surface area contributed by atoms with Crippen molar-refractivity contribution in [2.75, 3.05) is 0 Å². The van der Waals surface area contributed by atoms with Gasteiger partial charge in [-0.15, -0.1) is 0 Å². The van der Waals surface area contributed by atoms with Gasteiger partial charge in [-0.3, -0.25) is 0 Å². The summed E-state index contributed by atoms with van der Waals surface area (Å²) >= 11 is 0. The van der Waals surface area contributed by atoms with E-state index in [1.54, 1.807) is 6.07 Å².